The molecule has 90 valence electrons. The lowest BCUT2D eigenvalue weighted by molar-refractivity contribution is -0.0691. The van der Waals surface area contributed by atoms with Crippen molar-refractivity contribution in [3.8, 4) is 0 Å². The summed E-state index contributed by atoms with van der Waals surface area (Å²) in [5.41, 5.74) is 0. The molecule has 0 unspecified atom stereocenters. The second-order valence-corrected chi connectivity index (χ2v) is 4.22. The smallest absolute Gasteiger partial charge is 0.0935 e. The first-order valence-electron chi connectivity index (χ1n) is 6.28. The molecular weight excluding hydrogens is 190 g/mol. The number of rotatable bonds is 7. The third-order valence-corrected chi connectivity index (χ3v) is 2.71. The van der Waals surface area contributed by atoms with Gasteiger partial charge >= 0.3 is 0 Å². The Balaban J connectivity index is 2.07. The summed E-state index contributed by atoms with van der Waals surface area (Å²) in [6.45, 7) is 10.2. The summed E-state index contributed by atoms with van der Waals surface area (Å²) in [6.07, 6.45) is 3.88. The molecule has 3 heteroatoms. The summed E-state index contributed by atoms with van der Waals surface area (Å²) in [5.74, 6) is 0. The van der Waals surface area contributed by atoms with Crippen LogP contribution in [-0.2, 0) is 9.47 Å². The van der Waals surface area contributed by atoms with Gasteiger partial charge in [0, 0.05) is 19.7 Å². The van der Waals surface area contributed by atoms with Gasteiger partial charge in [-0.1, -0.05) is 20.3 Å². The van der Waals surface area contributed by atoms with Gasteiger partial charge in [0.2, 0.25) is 0 Å². The van der Waals surface area contributed by atoms with Crippen LogP contribution in [0.5, 0.6) is 0 Å². The van der Waals surface area contributed by atoms with E-state index >= 15 is 0 Å². The van der Waals surface area contributed by atoms with Crippen LogP contribution >= 0.6 is 0 Å². The van der Waals surface area contributed by atoms with Gasteiger partial charge in [-0.15, -0.1) is 0 Å². The van der Waals surface area contributed by atoms with E-state index < -0.39 is 0 Å². The predicted molar refractivity (Wildman–Crippen MR) is 62.2 cm³/mol. The number of morpholine rings is 1. The molecule has 0 aromatic heterocycles. The second kappa shape index (κ2) is 8.08. The third kappa shape index (κ3) is 5.50. The Bertz CT molecular complexity index is 151. The van der Waals surface area contributed by atoms with E-state index in [1.54, 1.807) is 0 Å². The van der Waals surface area contributed by atoms with Crippen molar-refractivity contribution in [2.75, 3.05) is 39.5 Å². The Labute approximate surface area is 93.7 Å². The first kappa shape index (κ1) is 12.9. The highest BCUT2D eigenvalue weighted by atomic mass is 16.5. The van der Waals surface area contributed by atoms with Crippen molar-refractivity contribution in [1.29, 1.82) is 0 Å². The fraction of sp³-hybridized carbons (Fsp3) is 1.00. The van der Waals surface area contributed by atoms with Crippen LogP contribution in [0, 0.1) is 0 Å². The fourth-order valence-corrected chi connectivity index (χ4v) is 1.86. The van der Waals surface area contributed by atoms with Crippen LogP contribution in [0.2, 0.25) is 0 Å². The normalized spacial score (nSPS) is 23.2. The van der Waals surface area contributed by atoms with Crippen molar-refractivity contribution < 1.29 is 9.47 Å². The number of hydrogen-bond donors (Lipinski definition) is 0. The molecule has 1 fully saturated rings. The van der Waals surface area contributed by atoms with Crippen LogP contribution in [-0.4, -0.2) is 50.5 Å². The van der Waals surface area contributed by atoms with Gasteiger partial charge in [0.25, 0.3) is 0 Å². The van der Waals surface area contributed by atoms with Crippen molar-refractivity contribution in [2.24, 2.45) is 0 Å². The minimum Gasteiger partial charge on any atom is -0.379 e. The van der Waals surface area contributed by atoms with Gasteiger partial charge in [0.1, 0.15) is 0 Å². The van der Waals surface area contributed by atoms with E-state index in [4.69, 9.17) is 9.47 Å². The zero-order valence-electron chi connectivity index (χ0n) is 10.2. The maximum absolute atomic E-state index is 5.67. The second-order valence-electron chi connectivity index (χ2n) is 4.22. The van der Waals surface area contributed by atoms with E-state index in [-0.39, 0.29) is 0 Å². The minimum absolute atomic E-state index is 0.294. The lowest BCUT2D eigenvalue weighted by Gasteiger charge is -2.32. The zero-order valence-corrected chi connectivity index (χ0v) is 10.2. The first-order chi connectivity index (χ1) is 7.36. The minimum atomic E-state index is 0.294. The largest absolute Gasteiger partial charge is 0.379 e. The molecule has 0 bridgehead atoms. The Hall–Kier alpha value is -0.120. The van der Waals surface area contributed by atoms with E-state index in [9.17, 15) is 0 Å². The fourth-order valence-electron chi connectivity index (χ4n) is 1.86. The standard InChI is InChI=1S/C12H25NO2/c1-3-5-8-14-11-12-10-13(6-4-2)7-9-15-12/h12H,3-11H2,1-2H3/t12-/m0/s1. The quantitative estimate of drug-likeness (QED) is 0.606. The molecule has 0 radical (unpaired) electrons. The van der Waals surface area contributed by atoms with Gasteiger partial charge in [-0.05, 0) is 19.4 Å². The highest BCUT2D eigenvalue weighted by Crippen LogP contribution is 2.06. The molecule has 1 rings (SSSR count). The molecule has 1 aliphatic rings. The highest BCUT2D eigenvalue weighted by molar-refractivity contribution is 4.70. The third-order valence-electron chi connectivity index (χ3n) is 2.71. The summed E-state index contributed by atoms with van der Waals surface area (Å²) in [4.78, 5) is 2.47. The van der Waals surface area contributed by atoms with Crippen LogP contribution in [0.3, 0.4) is 0 Å². The van der Waals surface area contributed by atoms with Crippen LogP contribution in [0.4, 0.5) is 0 Å². The number of ether oxygens (including phenoxy) is 2. The maximum atomic E-state index is 5.67. The van der Waals surface area contributed by atoms with Crippen molar-refractivity contribution in [1.82, 2.24) is 4.90 Å². The van der Waals surface area contributed by atoms with Gasteiger partial charge in [0.05, 0.1) is 19.3 Å². The molecule has 0 saturated carbocycles. The Morgan fingerprint density at radius 1 is 1.33 bits per heavy atom. The first-order valence-corrected chi connectivity index (χ1v) is 6.28. The molecule has 15 heavy (non-hydrogen) atoms. The van der Waals surface area contributed by atoms with Crippen molar-refractivity contribution in [2.45, 2.75) is 39.2 Å². The molecule has 1 heterocycles. The van der Waals surface area contributed by atoms with Crippen LogP contribution in [0.25, 0.3) is 0 Å². The van der Waals surface area contributed by atoms with Gasteiger partial charge in [-0.25, -0.2) is 0 Å². The lowest BCUT2D eigenvalue weighted by atomic mass is 10.2. The topological polar surface area (TPSA) is 21.7 Å². The molecular formula is C12H25NO2. The molecule has 0 aliphatic carbocycles. The van der Waals surface area contributed by atoms with Crippen molar-refractivity contribution in [3.05, 3.63) is 0 Å². The predicted octanol–water partition coefficient (Wildman–Crippen LogP) is 1.91. The lowest BCUT2D eigenvalue weighted by Crippen LogP contribution is -2.44. The van der Waals surface area contributed by atoms with Gasteiger partial charge in [0.15, 0.2) is 0 Å². The molecule has 1 saturated heterocycles. The van der Waals surface area contributed by atoms with E-state index in [1.807, 2.05) is 0 Å². The van der Waals surface area contributed by atoms with Crippen molar-refractivity contribution in [3.63, 3.8) is 0 Å². The van der Waals surface area contributed by atoms with Crippen molar-refractivity contribution >= 4 is 0 Å². The Morgan fingerprint density at radius 2 is 2.20 bits per heavy atom. The Kier molecular flexibility index (Phi) is 6.98. The average Bonchev–Trinajstić information content (AvgIpc) is 2.26. The summed E-state index contributed by atoms with van der Waals surface area (Å²) >= 11 is 0. The monoisotopic (exact) mass is 215 g/mol. The number of hydrogen-bond acceptors (Lipinski definition) is 3. The van der Waals surface area contributed by atoms with Gasteiger partial charge in [-0.3, -0.25) is 4.90 Å². The summed E-state index contributed by atoms with van der Waals surface area (Å²) in [5, 5.41) is 0. The zero-order chi connectivity index (χ0) is 10.9. The molecule has 0 spiro atoms. The molecule has 1 aliphatic heterocycles. The van der Waals surface area contributed by atoms with E-state index in [0.717, 1.165) is 39.3 Å². The van der Waals surface area contributed by atoms with E-state index in [0.29, 0.717) is 6.10 Å². The van der Waals surface area contributed by atoms with E-state index in [2.05, 4.69) is 18.7 Å². The molecule has 3 nitrogen and oxygen atoms in total. The van der Waals surface area contributed by atoms with Crippen LogP contribution in [0.15, 0.2) is 0 Å². The summed E-state index contributed by atoms with van der Waals surface area (Å²) < 4.78 is 11.3. The molecule has 1 atom stereocenters. The maximum Gasteiger partial charge on any atom is 0.0935 e. The molecule has 0 aromatic rings. The molecule has 0 N–H and O–H groups in total. The molecule has 0 amide bonds. The van der Waals surface area contributed by atoms with Gasteiger partial charge in [-0.2, -0.15) is 0 Å². The van der Waals surface area contributed by atoms with Gasteiger partial charge < -0.3 is 9.47 Å². The SMILES string of the molecule is CCCCOC[C@@H]1CN(CCC)CCO1. The number of nitrogens with zero attached hydrogens (tertiary/aromatic N) is 1. The summed E-state index contributed by atoms with van der Waals surface area (Å²) in [6, 6.07) is 0. The average molecular weight is 215 g/mol. The van der Waals surface area contributed by atoms with Crippen LogP contribution < -0.4 is 0 Å². The Morgan fingerprint density at radius 3 is 2.93 bits per heavy atom. The highest BCUT2D eigenvalue weighted by Gasteiger charge is 2.19. The van der Waals surface area contributed by atoms with E-state index in [1.165, 1.54) is 19.4 Å². The summed E-state index contributed by atoms with van der Waals surface area (Å²) in [7, 11) is 0. The number of unbranched alkanes of at least 4 members (excludes halogenated alkanes) is 1. The molecule has 0 aromatic carbocycles. The van der Waals surface area contributed by atoms with Crippen LogP contribution in [0.1, 0.15) is 33.1 Å².